The Labute approximate surface area is 132 Å². The van der Waals surface area contributed by atoms with E-state index in [2.05, 4.69) is 33.4 Å². The molecule has 1 nitrogen and oxygen atoms in total. The van der Waals surface area contributed by atoms with Crippen LogP contribution >= 0.6 is 15.9 Å². The molecule has 0 aliphatic rings. The van der Waals surface area contributed by atoms with Crippen molar-refractivity contribution >= 4 is 15.9 Å². The molecule has 0 aromatic heterocycles. The molecule has 0 bridgehead atoms. The van der Waals surface area contributed by atoms with Crippen molar-refractivity contribution < 1.29 is 8.78 Å². The number of hydrogen-bond acceptors (Lipinski definition) is 1. The Balaban J connectivity index is 2.09. The quantitative estimate of drug-likeness (QED) is 0.813. The molecular formula is C17H18BrF2N. The predicted octanol–water partition coefficient (Wildman–Crippen LogP) is 4.35. The van der Waals surface area contributed by atoms with E-state index in [9.17, 15) is 8.78 Å². The molecule has 0 heterocycles. The molecule has 4 heteroatoms. The highest BCUT2D eigenvalue weighted by atomic mass is 79.9. The topological polar surface area (TPSA) is 12.0 Å². The maximum Gasteiger partial charge on any atom is 0.126 e. The molecule has 0 aliphatic carbocycles. The average molecular weight is 354 g/mol. The molecule has 2 aromatic rings. The number of nitrogens with one attached hydrogen (secondary N) is 1. The Hall–Kier alpha value is -1.26. The van der Waals surface area contributed by atoms with Crippen LogP contribution in [0.2, 0.25) is 0 Å². The first-order valence-electron chi connectivity index (χ1n) is 6.91. The fourth-order valence-corrected chi connectivity index (χ4v) is 2.79. The lowest BCUT2D eigenvalue weighted by atomic mass is 9.92. The molecular weight excluding hydrogens is 336 g/mol. The summed E-state index contributed by atoms with van der Waals surface area (Å²) < 4.78 is 27.6. The van der Waals surface area contributed by atoms with Crippen molar-refractivity contribution in [1.82, 2.24) is 5.32 Å². The minimum absolute atomic E-state index is 0.289. The Bertz CT molecular complexity index is 564. The van der Waals surface area contributed by atoms with Crippen LogP contribution in [-0.4, -0.2) is 13.6 Å². The fraction of sp³-hybridized carbons (Fsp3) is 0.294. The zero-order chi connectivity index (χ0) is 15.2. The maximum atomic E-state index is 13.3. The summed E-state index contributed by atoms with van der Waals surface area (Å²) in [6, 6.07) is 11.9. The highest BCUT2D eigenvalue weighted by Gasteiger charge is 2.12. The normalized spacial score (nSPS) is 12.4. The molecule has 1 unspecified atom stereocenters. The average Bonchev–Trinajstić information content (AvgIpc) is 2.40. The van der Waals surface area contributed by atoms with Crippen LogP contribution in [-0.2, 0) is 12.8 Å². The fourth-order valence-electron chi connectivity index (χ4n) is 2.52. The summed E-state index contributed by atoms with van der Waals surface area (Å²) in [6.07, 6.45) is 1.51. The molecule has 2 aromatic carbocycles. The minimum Gasteiger partial charge on any atom is -0.319 e. The van der Waals surface area contributed by atoms with Gasteiger partial charge in [-0.3, -0.25) is 0 Å². The molecule has 112 valence electrons. The van der Waals surface area contributed by atoms with Gasteiger partial charge in [0.25, 0.3) is 0 Å². The number of hydrogen-bond donors (Lipinski definition) is 1. The summed E-state index contributed by atoms with van der Waals surface area (Å²) >= 11 is 3.42. The van der Waals surface area contributed by atoms with Crippen LogP contribution in [0.1, 0.15) is 11.1 Å². The van der Waals surface area contributed by atoms with Crippen LogP contribution in [0.3, 0.4) is 0 Å². The second kappa shape index (κ2) is 7.66. The van der Waals surface area contributed by atoms with Crippen LogP contribution < -0.4 is 5.32 Å². The Morgan fingerprint density at radius 3 is 2.10 bits per heavy atom. The van der Waals surface area contributed by atoms with E-state index < -0.39 is 11.6 Å². The zero-order valence-electron chi connectivity index (χ0n) is 11.9. The van der Waals surface area contributed by atoms with Gasteiger partial charge in [0.15, 0.2) is 0 Å². The van der Waals surface area contributed by atoms with Gasteiger partial charge >= 0.3 is 0 Å². The SMILES string of the molecule is CNCC(Cc1ccc(Br)cc1)Cc1cc(F)cc(F)c1. The van der Waals surface area contributed by atoms with E-state index in [1.54, 1.807) is 0 Å². The van der Waals surface area contributed by atoms with Gasteiger partial charge in [0.05, 0.1) is 0 Å². The van der Waals surface area contributed by atoms with Crippen molar-refractivity contribution in [2.45, 2.75) is 12.8 Å². The smallest absolute Gasteiger partial charge is 0.126 e. The van der Waals surface area contributed by atoms with Crippen molar-refractivity contribution in [3.63, 3.8) is 0 Å². The van der Waals surface area contributed by atoms with E-state index in [-0.39, 0.29) is 5.92 Å². The summed E-state index contributed by atoms with van der Waals surface area (Å²) in [5.41, 5.74) is 1.92. The standard InChI is InChI=1S/C17H18BrF2N/c1-21-11-14(6-12-2-4-15(18)5-3-12)7-13-8-16(19)10-17(20)9-13/h2-5,8-10,14,21H,6-7,11H2,1H3. The molecule has 0 saturated carbocycles. The second-order valence-electron chi connectivity index (χ2n) is 5.24. The lowest BCUT2D eigenvalue weighted by Gasteiger charge is -2.17. The number of benzene rings is 2. The Morgan fingerprint density at radius 1 is 0.952 bits per heavy atom. The third kappa shape index (κ3) is 5.21. The Morgan fingerprint density at radius 2 is 1.52 bits per heavy atom. The van der Waals surface area contributed by atoms with Gasteiger partial charge in [0.1, 0.15) is 11.6 Å². The van der Waals surface area contributed by atoms with Crippen LogP contribution in [0.25, 0.3) is 0 Å². The first-order chi connectivity index (χ1) is 10.1. The molecule has 2 rings (SSSR count). The molecule has 0 amide bonds. The van der Waals surface area contributed by atoms with Crippen molar-refractivity contribution in [2.24, 2.45) is 5.92 Å². The Kier molecular flexibility index (Phi) is 5.88. The predicted molar refractivity (Wildman–Crippen MR) is 85.3 cm³/mol. The third-order valence-corrected chi connectivity index (χ3v) is 3.91. The van der Waals surface area contributed by atoms with E-state index in [1.165, 1.54) is 17.7 Å². The lowest BCUT2D eigenvalue weighted by Crippen LogP contribution is -2.23. The van der Waals surface area contributed by atoms with E-state index in [1.807, 2.05) is 19.2 Å². The first kappa shape index (κ1) is 16.1. The molecule has 0 spiro atoms. The van der Waals surface area contributed by atoms with Crippen LogP contribution in [0.4, 0.5) is 8.78 Å². The lowest BCUT2D eigenvalue weighted by molar-refractivity contribution is 0.489. The molecule has 1 atom stereocenters. The van der Waals surface area contributed by atoms with Gasteiger partial charge in [0.2, 0.25) is 0 Å². The van der Waals surface area contributed by atoms with Gasteiger partial charge in [-0.25, -0.2) is 8.78 Å². The van der Waals surface area contributed by atoms with Crippen LogP contribution in [0.15, 0.2) is 46.9 Å². The minimum atomic E-state index is -0.517. The highest BCUT2D eigenvalue weighted by Crippen LogP contribution is 2.18. The van der Waals surface area contributed by atoms with Crippen LogP contribution in [0, 0.1) is 17.6 Å². The first-order valence-corrected chi connectivity index (χ1v) is 7.70. The maximum absolute atomic E-state index is 13.3. The highest BCUT2D eigenvalue weighted by molar-refractivity contribution is 9.10. The summed E-state index contributed by atoms with van der Waals surface area (Å²) in [7, 11) is 1.89. The van der Waals surface area contributed by atoms with Gasteiger partial charge in [-0.1, -0.05) is 28.1 Å². The zero-order valence-corrected chi connectivity index (χ0v) is 13.5. The van der Waals surface area contributed by atoms with E-state index >= 15 is 0 Å². The van der Waals surface area contributed by atoms with E-state index in [0.717, 1.165) is 23.5 Å². The van der Waals surface area contributed by atoms with Gasteiger partial charge in [-0.2, -0.15) is 0 Å². The van der Waals surface area contributed by atoms with Gasteiger partial charge in [0, 0.05) is 10.5 Å². The van der Waals surface area contributed by atoms with Crippen molar-refractivity contribution in [1.29, 1.82) is 0 Å². The van der Waals surface area contributed by atoms with E-state index in [4.69, 9.17) is 0 Å². The molecule has 0 saturated heterocycles. The van der Waals surface area contributed by atoms with Gasteiger partial charge in [-0.15, -0.1) is 0 Å². The van der Waals surface area contributed by atoms with Gasteiger partial charge in [-0.05, 0) is 67.7 Å². The van der Waals surface area contributed by atoms with Gasteiger partial charge < -0.3 is 5.32 Å². The summed E-state index contributed by atoms with van der Waals surface area (Å²) in [5.74, 6) is -0.744. The second-order valence-corrected chi connectivity index (χ2v) is 6.15. The third-order valence-electron chi connectivity index (χ3n) is 3.38. The monoisotopic (exact) mass is 353 g/mol. The van der Waals surface area contributed by atoms with Crippen molar-refractivity contribution in [2.75, 3.05) is 13.6 Å². The van der Waals surface area contributed by atoms with E-state index in [0.29, 0.717) is 12.0 Å². The molecule has 0 fully saturated rings. The molecule has 0 radical (unpaired) electrons. The molecule has 21 heavy (non-hydrogen) atoms. The number of rotatable bonds is 6. The molecule has 1 N–H and O–H groups in total. The van der Waals surface area contributed by atoms with Crippen molar-refractivity contribution in [3.05, 3.63) is 69.7 Å². The largest absolute Gasteiger partial charge is 0.319 e. The summed E-state index contributed by atoms with van der Waals surface area (Å²) in [4.78, 5) is 0. The summed E-state index contributed by atoms with van der Waals surface area (Å²) in [5, 5.41) is 3.15. The molecule has 0 aliphatic heterocycles. The number of halogens is 3. The van der Waals surface area contributed by atoms with Crippen LogP contribution in [0.5, 0.6) is 0 Å². The summed E-state index contributed by atoms with van der Waals surface area (Å²) in [6.45, 7) is 0.800. The van der Waals surface area contributed by atoms with Crippen molar-refractivity contribution in [3.8, 4) is 0 Å².